The van der Waals surface area contributed by atoms with Crippen molar-refractivity contribution in [1.82, 2.24) is 5.32 Å². The molecule has 0 aliphatic carbocycles. The van der Waals surface area contributed by atoms with Crippen LogP contribution in [0.25, 0.3) is 0 Å². The van der Waals surface area contributed by atoms with Gasteiger partial charge in [0.25, 0.3) is 0 Å². The number of carbonyl (C=O) groups is 1. The third-order valence-electron chi connectivity index (χ3n) is 13.8. The van der Waals surface area contributed by atoms with E-state index in [4.69, 9.17) is 9.47 Å². The highest BCUT2D eigenvalue weighted by molar-refractivity contribution is 5.76. The van der Waals surface area contributed by atoms with Gasteiger partial charge in [0.05, 0.1) is 25.4 Å². The summed E-state index contributed by atoms with van der Waals surface area (Å²) in [6.45, 7) is 3.68. The number of rotatable bonds is 50. The standard InChI is InChI=1S/C62H111NO8/c1-3-5-7-9-11-13-15-17-19-21-23-24-25-26-27-28-29-30-31-32-34-36-38-40-42-44-46-48-50-52-58(66)63-55(54-70-62-61(69)60(68)59(67)57(53-64)71-62)56(65)51-49-47-45-43-41-39-37-35-33-22-20-18-16-14-12-10-8-6-4-2/h5,7,11,13,17,19,23-24,26-27,49,51,55-57,59-62,64-65,67-69H,3-4,6,8-10,12,14-16,18,20-22,25,28-48,50,52-54H2,1-2H3,(H,63,66)/b7-5-,13-11-,19-17-,24-23-,27-26-,51-49+. The van der Waals surface area contributed by atoms with Crippen molar-refractivity contribution in [2.45, 2.75) is 301 Å². The van der Waals surface area contributed by atoms with Gasteiger partial charge < -0.3 is 40.3 Å². The van der Waals surface area contributed by atoms with Crippen LogP contribution in [-0.2, 0) is 14.3 Å². The fraction of sp³-hybridized carbons (Fsp3) is 0.790. The minimum absolute atomic E-state index is 0.179. The molecule has 0 spiro atoms. The molecule has 1 aliphatic heterocycles. The van der Waals surface area contributed by atoms with E-state index in [0.717, 1.165) is 70.6 Å². The molecule has 9 heteroatoms. The average molecular weight is 999 g/mol. The Labute approximate surface area is 436 Å². The van der Waals surface area contributed by atoms with Gasteiger partial charge in [-0.05, 0) is 64.2 Å². The zero-order valence-corrected chi connectivity index (χ0v) is 45.7. The van der Waals surface area contributed by atoms with E-state index in [1.54, 1.807) is 6.08 Å². The van der Waals surface area contributed by atoms with Crippen LogP contribution in [0.1, 0.15) is 258 Å². The molecule has 7 unspecified atom stereocenters. The smallest absolute Gasteiger partial charge is 0.220 e. The second-order valence-corrected chi connectivity index (χ2v) is 20.4. The second kappa shape index (κ2) is 51.1. The molecular weight excluding hydrogens is 887 g/mol. The molecule has 1 heterocycles. The van der Waals surface area contributed by atoms with E-state index < -0.39 is 49.5 Å². The normalized spacial score (nSPS) is 19.8. The Morgan fingerprint density at radius 3 is 1.30 bits per heavy atom. The molecule has 1 amide bonds. The summed E-state index contributed by atoms with van der Waals surface area (Å²) in [5, 5.41) is 54.6. The Morgan fingerprint density at radius 1 is 0.493 bits per heavy atom. The number of amides is 1. The maximum Gasteiger partial charge on any atom is 0.220 e. The van der Waals surface area contributed by atoms with Crippen molar-refractivity contribution < 1.29 is 39.8 Å². The zero-order chi connectivity index (χ0) is 51.5. The maximum absolute atomic E-state index is 13.1. The number of nitrogens with one attached hydrogen (secondary N) is 1. The van der Waals surface area contributed by atoms with Gasteiger partial charge >= 0.3 is 0 Å². The number of aliphatic hydroxyl groups is 5. The highest BCUT2D eigenvalue weighted by Crippen LogP contribution is 2.23. The van der Waals surface area contributed by atoms with Gasteiger partial charge in [0.2, 0.25) is 5.91 Å². The van der Waals surface area contributed by atoms with Crippen LogP contribution in [0.5, 0.6) is 0 Å². The lowest BCUT2D eigenvalue weighted by atomic mass is 9.99. The maximum atomic E-state index is 13.1. The number of unbranched alkanes of at least 4 members (excludes halogenated alkanes) is 30. The Morgan fingerprint density at radius 2 is 0.873 bits per heavy atom. The fourth-order valence-electron chi connectivity index (χ4n) is 9.13. The van der Waals surface area contributed by atoms with Crippen molar-refractivity contribution in [3.8, 4) is 0 Å². The van der Waals surface area contributed by atoms with Gasteiger partial charge in [-0.15, -0.1) is 0 Å². The van der Waals surface area contributed by atoms with Crippen LogP contribution in [0.4, 0.5) is 0 Å². The molecule has 71 heavy (non-hydrogen) atoms. The van der Waals surface area contributed by atoms with E-state index in [2.05, 4.69) is 79.9 Å². The Kier molecular flexibility index (Phi) is 48.0. The second-order valence-electron chi connectivity index (χ2n) is 20.4. The largest absolute Gasteiger partial charge is 0.394 e. The molecule has 6 N–H and O–H groups in total. The van der Waals surface area contributed by atoms with Crippen LogP contribution in [-0.4, -0.2) is 87.5 Å². The molecule has 0 aromatic rings. The van der Waals surface area contributed by atoms with Gasteiger partial charge in [-0.25, -0.2) is 0 Å². The van der Waals surface area contributed by atoms with E-state index in [-0.39, 0.29) is 12.5 Å². The molecule has 412 valence electrons. The number of aliphatic hydroxyl groups excluding tert-OH is 5. The summed E-state index contributed by atoms with van der Waals surface area (Å²) < 4.78 is 11.3. The first-order chi connectivity index (χ1) is 34.8. The summed E-state index contributed by atoms with van der Waals surface area (Å²) in [6.07, 6.45) is 63.9. The topological polar surface area (TPSA) is 149 Å². The molecule has 0 saturated carbocycles. The number of carbonyl (C=O) groups excluding carboxylic acids is 1. The van der Waals surface area contributed by atoms with Crippen molar-refractivity contribution in [2.24, 2.45) is 0 Å². The Bertz CT molecular complexity index is 1340. The number of ether oxygens (including phenoxy) is 2. The van der Waals surface area contributed by atoms with Crippen LogP contribution >= 0.6 is 0 Å². The molecule has 0 aromatic carbocycles. The summed E-state index contributed by atoms with van der Waals surface area (Å²) >= 11 is 0. The van der Waals surface area contributed by atoms with Gasteiger partial charge in [0.15, 0.2) is 6.29 Å². The van der Waals surface area contributed by atoms with Crippen molar-refractivity contribution in [2.75, 3.05) is 13.2 Å². The van der Waals surface area contributed by atoms with Crippen LogP contribution in [0, 0.1) is 0 Å². The van der Waals surface area contributed by atoms with Crippen molar-refractivity contribution in [3.63, 3.8) is 0 Å². The molecule has 1 rings (SSSR count). The predicted molar refractivity (Wildman–Crippen MR) is 299 cm³/mol. The molecule has 0 radical (unpaired) electrons. The van der Waals surface area contributed by atoms with E-state index in [1.165, 1.54) is 167 Å². The van der Waals surface area contributed by atoms with Crippen LogP contribution in [0.15, 0.2) is 72.9 Å². The van der Waals surface area contributed by atoms with E-state index in [9.17, 15) is 30.3 Å². The third-order valence-corrected chi connectivity index (χ3v) is 13.8. The van der Waals surface area contributed by atoms with Crippen molar-refractivity contribution in [1.29, 1.82) is 0 Å². The number of hydrogen-bond donors (Lipinski definition) is 6. The molecule has 0 bridgehead atoms. The molecule has 1 saturated heterocycles. The molecule has 0 aromatic heterocycles. The minimum atomic E-state index is -1.57. The van der Waals surface area contributed by atoms with Gasteiger partial charge in [0, 0.05) is 6.42 Å². The van der Waals surface area contributed by atoms with Gasteiger partial charge in [-0.1, -0.05) is 260 Å². The lowest BCUT2D eigenvalue weighted by molar-refractivity contribution is -0.302. The quantitative estimate of drug-likeness (QED) is 0.0261. The highest BCUT2D eigenvalue weighted by atomic mass is 16.7. The number of hydrogen-bond acceptors (Lipinski definition) is 8. The summed E-state index contributed by atoms with van der Waals surface area (Å²) in [6, 6.07) is -0.809. The van der Waals surface area contributed by atoms with Crippen LogP contribution < -0.4 is 5.32 Å². The average Bonchev–Trinajstić information content (AvgIpc) is 3.37. The van der Waals surface area contributed by atoms with Crippen molar-refractivity contribution >= 4 is 5.91 Å². The Balaban J connectivity index is 2.20. The first-order valence-corrected chi connectivity index (χ1v) is 29.7. The van der Waals surface area contributed by atoms with E-state index in [1.807, 2.05) is 6.08 Å². The first-order valence-electron chi connectivity index (χ1n) is 29.7. The fourth-order valence-corrected chi connectivity index (χ4v) is 9.13. The van der Waals surface area contributed by atoms with Crippen LogP contribution in [0.2, 0.25) is 0 Å². The summed E-state index contributed by atoms with van der Waals surface area (Å²) in [5.41, 5.74) is 0. The molecule has 7 atom stereocenters. The molecule has 1 fully saturated rings. The summed E-state index contributed by atoms with van der Waals surface area (Å²) in [7, 11) is 0. The van der Waals surface area contributed by atoms with Gasteiger partial charge in [0.1, 0.15) is 24.4 Å². The van der Waals surface area contributed by atoms with Gasteiger partial charge in [-0.2, -0.15) is 0 Å². The monoisotopic (exact) mass is 998 g/mol. The van der Waals surface area contributed by atoms with Crippen molar-refractivity contribution in [3.05, 3.63) is 72.9 Å². The van der Waals surface area contributed by atoms with E-state index in [0.29, 0.717) is 6.42 Å². The lowest BCUT2D eigenvalue weighted by Gasteiger charge is -2.40. The third kappa shape index (κ3) is 40.7. The minimum Gasteiger partial charge on any atom is -0.394 e. The molecular formula is C62H111NO8. The van der Waals surface area contributed by atoms with E-state index >= 15 is 0 Å². The Hall–Kier alpha value is -2.37. The first kappa shape index (κ1) is 66.6. The SMILES string of the molecule is CC/C=C\C/C=C\C/C=C\C/C=C\C/C=C\CCCCCCCCCCCCCCCC(=O)NC(COC1OC(CO)C(O)C(O)C1O)C(O)/C=C/CCCCCCCCCCCCCCCCCCC. The lowest BCUT2D eigenvalue weighted by Crippen LogP contribution is -2.60. The number of allylic oxidation sites excluding steroid dienone is 11. The summed E-state index contributed by atoms with van der Waals surface area (Å²) in [5.74, 6) is -0.179. The van der Waals surface area contributed by atoms with Gasteiger partial charge in [-0.3, -0.25) is 4.79 Å². The zero-order valence-electron chi connectivity index (χ0n) is 45.7. The molecule has 9 nitrogen and oxygen atoms in total. The van der Waals surface area contributed by atoms with Crippen LogP contribution in [0.3, 0.4) is 0 Å². The summed E-state index contributed by atoms with van der Waals surface area (Å²) in [4.78, 5) is 13.1. The molecule has 1 aliphatic rings. The highest BCUT2D eigenvalue weighted by Gasteiger charge is 2.44. The predicted octanol–water partition coefficient (Wildman–Crippen LogP) is 14.8.